The molecular formula is C29H26N2O6. The normalized spacial score (nSPS) is 16.4. The smallest absolute Gasteiger partial charge is 0.338 e. The van der Waals surface area contributed by atoms with E-state index in [9.17, 15) is 24.3 Å². The van der Waals surface area contributed by atoms with Gasteiger partial charge in [0.1, 0.15) is 0 Å². The van der Waals surface area contributed by atoms with Crippen LogP contribution >= 0.6 is 0 Å². The lowest BCUT2D eigenvalue weighted by molar-refractivity contribution is -0.146. The minimum Gasteiger partial charge on any atom is -0.481 e. The molecule has 0 radical (unpaired) electrons. The van der Waals surface area contributed by atoms with Crippen molar-refractivity contribution in [3.63, 3.8) is 0 Å². The summed E-state index contributed by atoms with van der Waals surface area (Å²) in [7, 11) is 0. The lowest BCUT2D eigenvalue weighted by Gasteiger charge is -2.24. The van der Waals surface area contributed by atoms with E-state index in [2.05, 4.69) is 5.32 Å². The summed E-state index contributed by atoms with van der Waals surface area (Å²) in [6.45, 7) is -0.465. The molecule has 0 bridgehead atoms. The second kappa shape index (κ2) is 11.8. The standard InChI is InChI=1S/C29H26N2O6/c32-26(31(22-9-3-1-4-10-22)23-11-5-2-6-12-23)19-37-29(36)20-15-17-21(18-16-20)30-27(33)24-13-7-8-14-25(24)28(34)35/h1-12,15-18,24-25H,13-14,19H2,(H,30,33)(H,34,35)/t24-,25-/m1/s1. The Morgan fingerprint density at radius 2 is 1.32 bits per heavy atom. The number of allylic oxidation sites excluding steroid dienone is 2. The van der Waals surface area contributed by atoms with Gasteiger partial charge in [-0.1, -0.05) is 48.6 Å². The average Bonchev–Trinajstić information content (AvgIpc) is 2.93. The zero-order valence-corrected chi connectivity index (χ0v) is 19.9. The van der Waals surface area contributed by atoms with Gasteiger partial charge in [0.05, 0.1) is 17.4 Å². The van der Waals surface area contributed by atoms with E-state index in [1.54, 1.807) is 36.4 Å². The molecule has 0 aromatic heterocycles. The topological polar surface area (TPSA) is 113 Å². The molecule has 3 aromatic carbocycles. The van der Waals surface area contributed by atoms with E-state index in [0.29, 0.717) is 29.9 Å². The summed E-state index contributed by atoms with van der Waals surface area (Å²) in [6.07, 6.45) is 4.24. The first-order valence-corrected chi connectivity index (χ1v) is 11.8. The largest absolute Gasteiger partial charge is 0.481 e. The SMILES string of the molecule is O=C(OCC(=O)N(c1ccccc1)c1ccccc1)c1ccc(NC(=O)[C@@H]2CC=CC[C@H]2C(=O)O)cc1. The van der Waals surface area contributed by atoms with Gasteiger partial charge in [-0.25, -0.2) is 4.79 Å². The Labute approximate surface area is 214 Å². The molecule has 188 valence electrons. The Morgan fingerprint density at radius 3 is 1.86 bits per heavy atom. The number of hydrogen-bond acceptors (Lipinski definition) is 5. The third-order valence-electron chi connectivity index (χ3n) is 6.08. The fraction of sp³-hybridized carbons (Fsp3) is 0.172. The maximum atomic E-state index is 13.0. The number of hydrogen-bond donors (Lipinski definition) is 2. The van der Waals surface area contributed by atoms with E-state index in [0.717, 1.165) is 0 Å². The van der Waals surface area contributed by atoms with Crippen molar-refractivity contribution in [2.24, 2.45) is 11.8 Å². The van der Waals surface area contributed by atoms with E-state index in [-0.39, 0.29) is 11.5 Å². The number of ether oxygens (including phenoxy) is 1. The molecule has 8 nitrogen and oxygen atoms in total. The molecule has 1 aliphatic rings. The molecule has 0 fully saturated rings. The van der Waals surface area contributed by atoms with E-state index in [1.165, 1.54) is 29.2 Å². The van der Waals surface area contributed by atoms with E-state index in [4.69, 9.17) is 4.74 Å². The number of carboxylic acids is 1. The molecule has 2 N–H and O–H groups in total. The highest BCUT2D eigenvalue weighted by Crippen LogP contribution is 2.28. The van der Waals surface area contributed by atoms with Crippen LogP contribution in [0.1, 0.15) is 23.2 Å². The number of rotatable bonds is 8. The fourth-order valence-electron chi connectivity index (χ4n) is 4.17. The minimum absolute atomic E-state index is 0.209. The number of carboxylic acid groups (broad SMARTS) is 1. The predicted octanol–water partition coefficient (Wildman–Crippen LogP) is 4.81. The molecule has 37 heavy (non-hydrogen) atoms. The van der Waals surface area contributed by atoms with Crippen LogP contribution in [0, 0.1) is 11.8 Å². The van der Waals surface area contributed by atoms with Gasteiger partial charge < -0.3 is 15.2 Å². The number of nitrogens with zero attached hydrogens (tertiary/aromatic N) is 1. The van der Waals surface area contributed by atoms with Crippen LogP contribution in [-0.2, 0) is 19.1 Å². The number of carbonyl (C=O) groups is 4. The molecule has 0 saturated carbocycles. The molecule has 2 amide bonds. The van der Waals surface area contributed by atoms with Crippen molar-refractivity contribution < 1.29 is 29.0 Å². The molecule has 0 spiro atoms. The molecular weight excluding hydrogens is 472 g/mol. The number of amides is 2. The summed E-state index contributed by atoms with van der Waals surface area (Å²) in [5.74, 6) is -3.94. The Morgan fingerprint density at radius 1 is 0.784 bits per heavy atom. The van der Waals surface area contributed by atoms with Gasteiger partial charge in [0.15, 0.2) is 6.61 Å². The second-order valence-corrected chi connectivity index (χ2v) is 8.54. The molecule has 3 aromatic rings. The molecule has 4 rings (SSSR count). The van der Waals surface area contributed by atoms with Crippen LogP contribution in [0.5, 0.6) is 0 Å². The van der Waals surface area contributed by atoms with E-state index < -0.39 is 36.3 Å². The number of benzene rings is 3. The lowest BCUT2D eigenvalue weighted by atomic mass is 9.82. The third-order valence-corrected chi connectivity index (χ3v) is 6.08. The Hall–Kier alpha value is -4.72. The van der Waals surface area contributed by atoms with Crippen molar-refractivity contribution in [1.29, 1.82) is 0 Å². The van der Waals surface area contributed by atoms with Crippen LogP contribution < -0.4 is 10.2 Å². The molecule has 0 aliphatic heterocycles. The lowest BCUT2D eigenvalue weighted by Crippen LogP contribution is -2.34. The third kappa shape index (κ3) is 6.29. The highest BCUT2D eigenvalue weighted by Gasteiger charge is 2.34. The van der Waals surface area contributed by atoms with Crippen LogP contribution in [0.3, 0.4) is 0 Å². The van der Waals surface area contributed by atoms with Gasteiger partial charge in [-0.15, -0.1) is 0 Å². The van der Waals surface area contributed by atoms with Gasteiger partial charge in [0.2, 0.25) is 5.91 Å². The number of carbonyl (C=O) groups excluding carboxylic acids is 3. The maximum Gasteiger partial charge on any atom is 0.338 e. The average molecular weight is 499 g/mol. The molecule has 1 aliphatic carbocycles. The molecule has 2 atom stereocenters. The summed E-state index contributed by atoms with van der Waals surface area (Å²) in [4.78, 5) is 51.2. The van der Waals surface area contributed by atoms with Crippen LogP contribution in [0.4, 0.5) is 17.1 Å². The fourth-order valence-corrected chi connectivity index (χ4v) is 4.17. The summed E-state index contributed by atoms with van der Waals surface area (Å²) >= 11 is 0. The van der Waals surface area contributed by atoms with Crippen molar-refractivity contribution in [3.8, 4) is 0 Å². The number of aliphatic carboxylic acids is 1. The highest BCUT2D eigenvalue weighted by atomic mass is 16.5. The molecule has 0 heterocycles. The highest BCUT2D eigenvalue weighted by molar-refractivity contribution is 6.02. The molecule has 0 saturated heterocycles. The van der Waals surface area contributed by atoms with Crippen LogP contribution in [0.15, 0.2) is 97.1 Å². The Bertz CT molecular complexity index is 1250. The van der Waals surface area contributed by atoms with Crippen molar-refractivity contribution >= 4 is 40.8 Å². The van der Waals surface area contributed by atoms with Gasteiger partial charge in [0, 0.05) is 17.1 Å². The van der Waals surface area contributed by atoms with E-state index in [1.807, 2.05) is 36.4 Å². The summed E-state index contributed by atoms with van der Waals surface area (Å²) in [6, 6.07) is 24.2. The first kappa shape index (κ1) is 25.4. The Kier molecular flexibility index (Phi) is 8.10. The van der Waals surface area contributed by atoms with Crippen LogP contribution in [0.2, 0.25) is 0 Å². The van der Waals surface area contributed by atoms with Crippen molar-refractivity contribution in [1.82, 2.24) is 0 Å². The first-order valence-electron chi connectivity index (χ1n) is 11.8. The zero-order chi connectivity index (χ0) is 26.2. The summed E-state index contributed by atoms with van der Waals surface area (Å²) in [5.41, 5.74) is 1.93. The van der Waals surface area contributed by atoms with Crippen LogP contribution in [-0.4, -0.2) is 35.5 Å². The number of anilines is 3. The monoisotopic (exact) mass is 498 g/mol. The van der Waals surface area contributed by atoms with Crippen molar-refractivity contribution in [2.45, 2.75) is 12.8 Å². The minimum atomic E-state index is -1.00. The van der Waals surface area contributed by atoms with Crippen LogP contribution in [0.25, 0.3) is 0 Å². The number of nitrogens with one attached hydrogen (secondary N) is 1. The molecule has 0 unspecified atom stereocenters. The number of esters is 1. The summed E-state index contributed by atoms with van der Waals surface area (Å²) < 4.78 is 5.28. The molecule has 8 heteroatoms. The van der Waals surface area contributed by atoms with Gasteiger partial charge in [0.25, 0.3) is 5.91 Å². The predicted molar refractivity (Wildman–Crippen MR) is 138 cm³/mol. The van der Waals surface area contributed by atoms with Gasteiger partial charge in [-0.05, 0) is 61.4 Å². The van der Waals surface area contributed by atoms with E-state index >= 15 is 0 Å². The first-order chi connectivity index (χ1) is 17.9. The van der Waals surface area contributed by atoms with Crippen molar-refractivity contribution in [2.75, 3.05) is 16.8 Å². The van der Waals surface area contributed by atoms with Crippen molar-refractivity contribution in [3.05, 3.63) is 103 Å². The maximum absolute atomic E-state index is 13.0. The number of para-hydroxylation sites is 2. The zero-order valence-electron chi connectivity index (χ0n) is 19.9. The van der Waals surface area contributed by atoms with Gasteiger partial charge >= 0.3 is 11.9 Å². The van der Waals surface area contributed by atoms with Gasteiger partial charge in [-0.2, -0.15) is 0 Å². The Balaban J connectivity index is 1.37. The quantitative estimate of drug-likeness (QED) is 0.340. The van der Waals surface area contributed by atoms with Gasteiger partial charge in [-0.3, -0.25) is 19.3 Å². The summed E-state index contributed by atoms with van der Waals surface area (Å²) in [5, 5.41) is 12.1. The second-order valence-electron chi connectivity index (χ2n) is 8.54.